The van der Waals surface area contributed by atoms with Gasteiger partial charge < -0.3 is 0 Å². The molecule has 1 aromatic heterocycles. The molecule has 0 spiro atoms. The third-order valence-corrected chi connectivity index (χ3v) is 3.74. The van der Waals surface area contributed by atoms with E-state index < -0.39 is 9.84 Å². The van der Waals surface area contributed by atoms with Crippen LogP contribution in [-0.4, -0.2) is 24.6 Å². The van der Waals surface area contributed by atoms with E-state index in [-0.39, 0.29) is 0 Å². The predicted octanol–water partition coefficient (Wildman–Crippen LogP) is 2.31. The molecule has 2 rings (SSSR count). The van der Waals surface area contributed by atoms with Crippen LogP contribution in [0.1, 0.15) is 0 Å². The molecule has 0 fully saturated rings. The monoisotopic (exact) mass is 312 g/mol. The molecule has 1 heterocycles. The zero-order chi connectivity index (χ0) is 12.5. The molecule has 0 saturated heterocycles. The van der Waals surface area contributed by atoms with Gasteiger partial charge in [0.1, 0.15) is 4.60 Å². The number of aromatic nitrogens is 2. The highest BCUT2D eigenvalue weighted by Crippen LogP contribution is 2.19. The summed E-state index contributed by atoms with van der Waals surface area (Å²) in [5.74, 6) is 0. The molecule has 0 radical (unpaired) electrons. The second-order valence-corrected chi connectivity index (χ2v) is 6.35. The van der Waals surface area contributed by atoms with Gasteiger partial charge in [0, 0.05) is 11.8 Å². The SMILES string of the molecule is CS(=O)(=O)c1ccc(-c2cnc(Br)cn2)cc1. The third kappa shape index (κ3) is 2.89. The Labute approximate surface area is 108 Å². The summed E-state index contributed by atoms with van der Waals surface area (Å²) in [6.07, 6.45) is 4.40. The van der Waals surface area contributed by atoms with Crippen molar-refractivity contribution in [1.82, 2.24) is 9.97 Å². The van der Waals surface area contributed by atoms with Gasteiger partial charge in [0.25, 0.3) is 0 Å². The summed E-state index contributed by atoms with van der Waals surface area (Å²) in [5, 5.41) is 0. The Hall–Kier alpha value is -1.27. The Bertz CT molecular complexity index is 622. The van der Waals surface area contributed by atoms with Crippen LogP contribution in [0.4, 0.5) is 0 Å². The van der Waals surface area contributed by atoms with Gasteiger partial charge in [-0.2, -0.15) is 0 Å². The Morgan fingerprint density at radius 2 is 1.71 bits per heavy atom. The van der Waals surface area contributed by atoms with Crippen molar-refractivity contribution in [1.29, 1.82) is 0 Å². The van der Waals surface area contributed by atoms with Crippen molar-refractivity contribution in [3.63, 3.8) is 0 Å². The second-order valence-electron chi connectivity index (χ2n) is 3.52. The Morgan fingerprint density at radius 1 is 1.06 bits per heavy atom. The summed E-state index contributed by atoms with van der Waals surface area (Å²) in [4.78, 5) is 8.54. The van der Waals surface area contributed by atoms with E-state index in [1.165, 1.54) is 6.26 Å². The van der Waals surface area contributed by atoms with Gasteiger partial charge >= 0.3 is 0 Å². The largest absolute Gasteiger partial charge is 0.252 e. The van der Waals surface area contributed by atoms with Crippen molar-refractivity contribution in [3.05, 3.63) is 41.3 Å². The lowest BCUT2D eigenvalue weighted by atomic mass is 10.2. The standard InChI is InChI=1S/C11H9BrN2O2S/c1-17(15,16)9-4-2-8(3-5-9)10-6-14-11(12)7-13-10/h2-7H,1H3. The fraction of sp³-hybridized carbons (Fsp3) is 0.0909. The van der Waals surface area contributed by atoms with Crippen LogP contribution in [0, 0.1) is 0 Å². The van der Waals surface area contributed by atoms with E-state index in [4.69, 9.17) is 0 Å². The Morgan fingerprint density at radius 3 is 2.18 bits per heavy atom. The molecule has 6 heteroatoms. The molecule has 0 N–H and O–H groups in total. The Kier molecular flexibility index (Phi) is 3.26. The molecule has 0 aliphatic carbocycles. The number of hydrogen-bond donors (Lipinski definition) is 0. The number of sulfone groups is 1. The first kappa shape index (κ1) is 12.2. The van der Waals surface area contributed by atoms with E-state index in [0.29, 0.717) is 15.2 Å². The number of nitrogens with zero attached hydrogens (tertiary/aromatic N) is 2. The van der Waals surface area contributed by atoms with Crippen molar-refractivity contribution in [3.8, 4) is 11.3 Å². The van der Waals surface area contributed by atoms with E-state index in [0.717, 1.165) is 5.56 Å². The van der Waals surface area contributed by atoms with Gasteiger partial charge in [-0.3, -0.25) is 4.98 Å². The van der Waals surface area contributed by atoms with Crippen molar-refractivity contribution in [2.24, 2.45) is 0 Å². The van der Waals surface area contributed by atoms with Crippen molar-refractivity contribution >= 4 is 25.8 Å². The lowest BCUT2D eigenvalue weighted by Crippen LogP contribution is -1.96. The first-order valence-electron chi connectivity index (χ1n) is 4.75. The molecule has 0 bridgehead atoms. The number of rotatable bonds is 2. The third-order valence-electron chi connectivity index (χ3n) is 2.20. The van der Waals surface area contributed by atoms with Gasteiger partial charge in [-0.05, 0) is 28.1 Å². The van der Waals surface area contributed by atoms with Crippen LogP contribution in [0.5, 0.6) is 0 Å². The van der Waals surface area contributed by atoms with Crippen molar-refractivity contribution in [2.45, 2.75) is 4.90 Å². The average molecular weight is 313 g/mol. The maximum absolute atomic E-state index is 11.3. The molecule has 2 aromatic rings. The number of hydrogen-bond acceptors (Lipinski definition) is 4. The first-order chi connectivity index (χ1) is 7.97. The highest BCUT2D eigenvalue weighted by Gasteiger charge is 2.07. The van der Waals surface area contributed by atoms with Crippen molar-refractivity contribution < 1.29 is 8.42 Å². The first-order valence-corrected chi connectivity index (χ1v) is 7.43. The van der Waals surface area contributed by atoms with Gasteiger partial charge in [0.2, 0.25) is 0 Å². The molecule has 17 heavy (non-hydrogen) atoms. The highest BCUT2D eigenvalue weighted by molar-refractivity contribution is 9.10. The lowest BCUT2D eigenvalue weighted by molar-refractivity contribution is 0.602. The molecular formula is C11H9BrN2O2S. The summed E-state index contributed by atoms with van der Waals surface area (Å²) < 4.78 is 23.2. The predicted molar refractivity (Wildman–Crippen MR) is 68.3 cm³/mol. The molecule has 1 aromatic carbocycles. The maximum Gasteiger partial charge on any atom is 0.175 e. The van der Waals surface area contributed by atoms with E-state index >= 15 is 0 Å². The maximum atomic E-state index is 11.3. The van der Waals surface area contributed by atoms with Crippen LogP contribution in [0.2, 0.25) is 0 Å². The van der Waals surface area contributed by atoms with Gasteiger partial charge in [0.05, 0.1) is 23.0 Å². The zero-order valence-corrected chi connectivity index (χ0v) is 11.4. The summed E-state index contributed by atoms with van der Waals surface area (Å²) in [6.45, 7) is 0. The van der Waals surface area contributed by atoms with Crippen LogP contribution in [0.25, 0.3) is 11.3 Å². The molecule has 0 aliphatic heterocycles. The minimum absolute atomic E-state index is 0.298. The smallest absolute Gasteiger partial charge is 0.175 e. The average Bonchev–Trinajstić information content (AvgIpc) is 2.29. The fourth-order valence-corrected chi connectivity index (χ4v) is 2.17. The molecule has 0 atom stereocenters. The second kappa shape index (κ2) is 4.54. The molecule has 4 nitrogen and oxygen atoms in total. The van der Waals surface area contributed by atoms with E-state index in [1.807, 2.05) is 0 Å². The molecule has 0 saturated carbocycles. The zero-order valence-electron chi connectivity index (χ0n) is 8.96. The van der Waals surface area contributed by atoms with Crippen LogP contribution in [0.3, 0.4) is 0 Å². The van der Waals surface area contributed by atoms with Gasteiger partial charge in [-0.25, -0.2) is 13.4 Å². The number of halogens is 1. The van der Waals surface area contributed by atoms with Crippen LogP contribution >= 0.6 is 15.9 Å². The topological polar surface area (TPSA) is 59.9 Å². The van der Waals surface area contributed by atoms with Crippen LogP contribution < -0.4 is 0 Å². The van der Waals surface area contributed by atoms with Crippen LogP contribution in [-0.2, 0) is 9.84 Å². The minimum atomic E-state index is -3.15. The molecule has 88 valence electrons. The van der Waals surface area contributed by atoms with Gasteiger partial charge in [-0.1, -0.05) is 12.1 Å². The minimum Gasteiger partial charge on any atom is -0.252 e. The molecule has 0 unspecified atom stereocenters. The lowest BCUT2D eigenvalue weighted by Gasteiger charge is -2.02. The van der Waals surface area contributed by atoms with E-state index in [9.17, 15) is 8.42 Å². The summed E-state index contributed by atoms with van der Waals surface area (Å²) in [7, 11) is -3.15. The van der Waals surface area contributed by atoms with Gasteiger partial charge in [-0.15, -0.1) is 0 Å². The fourth-order valence-electron chi connectivity index (χ4n) is 1.33. The van der Waals surface area contributed by atoms with E-state index in [2.05, 4.69) is 25.9 Å². The summed E-state index contributed by atoms with van der Waals surface area (Å²) in [6, 6.07) is 6.56. The van der Waals surface area contributed by atoms with Crippen LogP contribution in [0.15, 0.2) is 46.2 Å². The number of benzene rings is 1. The Balaban J connectivity index is 2.39. The van der Waals surface area contributed by atoms with Gasteiger partial charge in [0.15, 0.2) is 9.84 Å². The van der Waals surface area contributed by atoms with Crippen molar-refractivity contribution in [2.75, 3.05) is 6.26 Å². The molecule has 0 amide bonds. The normalized spacial score (nSPS) is 11.4. The quantitative estimate of drug-likeness (QED) is 0.853. The molecule has 0 aliphatic rings. The van der Waals surface area contributed by atoms with E-state index in [1.54, 1.807) is 36.7 Å². The summed E-state index contributed by atoms with van der Waals surface area (Å²) in [5.41, 5.74) is 1.53. The molecular weight excluding hydrogens is 304 g/mol. The summed E-state index contributed by atoms with van der Waals surface area (Å²) >= 11 is 3.20. The highest BCUT2D eigenvalue weighted by atomic mass is 79.9.